The molecule has 1 aliphatic rings. The summed E-state index contributed by atoms with van der Waals surface area (Å²) in [5.74, 6) is 1.94. The Hall–Kier alpha value is -0.360. The monoisotopic (exact) mass is 255 g/mol. The van der Waals surface area contributed by atoms with E-state index >= 15 is 0 Å². The lowest BCUT2D eigenvalue weighted by molar-refractivity contribution is 0.303. The van der Waals surface area contributed by atoms with Crippen LogP contribution in [0, 0.1) is 29.1 Å². The van der Waals surface area contributed by atoms with Crippen LogP contribution < -0.4 is 0 Å². The average Bonchev–Trinajstić information content (AvgIpc) is 2.28. The highest BCUT2D eigenvalue weighted by atomic mass is 32.2. The van der Waals surface area contributed by atoms with Gasteiger partial charge in [0.1, 0.15) is 0 Å². The Balaban J connectivity index is 2.63. The summed E-state index contributed by atoms with van der Waals surface area (Å²) in [6, 6.07) is 2.38. The summed E-state index contributed by atoms with van der Waals surface area (Å²) in [4.78, 5) is 0. The van der Waals surface area contributed by atoms with E-state index in [0.29, 0.717) is 11.8 Å². The van der Waals surface area contributed by atoms with Gasteiger partial charge in [-0.25, -0.2) is 0 Å². The standard InChI is InChI=1S/C14H25NOS/c1-4-5-12-6-7-13(9-15)14(8-12)17(16)10-11(2)3/h11-14H,4-8,10H2,1-3H3. The summed E-state index contributed by atoms with van der Waals surface area (Å²) in [7, 11) is -0.813. The summed E-state index contributed by atoms with van der Waals surface area (Å²) in [6.07, 6.45) is 5.54. The number of nitrogens with zero attached hydrogens (tertiary/aromatic N) is 1. The van der Waals surface area contributed by atoms with Gasteiger partial charge in [0.05, 0.1) is 17.2 Å². The Kier molecular flexibility index (Phi) is 6.19. The van der Waals surface area contributed by atoms with E-state index in [1.165, 1.54) is 12.8 Å². The van der Waals surface area contributed by atoms with E-state index in [1.54, 1.807) is 0 Å². The average molecular weight is 255 g/mol. The van der Waals surface area contributed by atoms with Crippen LogP contribution in [0.15, 0.2) is 0 Å². The van der Waals surface area contributed by atoms with Crippen molar-refractivity contribution in [1.29, 1.82) is 5.26 Å². The molecule has 0 bridgehead atoms. The number of nitriles is 1. The van der Waals surface area contributed by atoms with Gasteiger partial charge < -0.3 is 0 Å². The smallest absolute Gasteiger partial charge is 0.0668 e. The van der Waals surface area contributed by atoms with Gasteiger partial charge in [-0.1, -0.05) is 33.6 Å². The third-order valence-corrected chi connectivity index (χ3v) is 5.79. The van der Waals surface area contributed by atoms with Crippen molar-refractivity contribution in [2.45, 2.75) is 58.1 Å². The highest BCUT2D eigenvalue weighted by Crippen LogP contribution is 2.34. The molecule has 2 nitrogen and oxygen atoms in total. The van der Waals surface area contributed by atoms with Gasteiger partial charge >= 0.3 is 0 Å². The fourth-order valence-electron chi connectivity index (χ4n) is 2.77. The van der Waals surface area contributed by atoms with Crippen LogP contribution in [0.3, 0.4) is 0 Å². The van der Waals surface area contributed by atoms with Crippen LogP contribution in [0.2, 0.25) is 0 Å². The maximum atomic E-state index is 12.3. The zero-order valence-corrected chi connectivity index (χ0v) is 12.1. The van der Waals surface area contributed by atoms with Gasteiger partial charge in [0, 0.05) is 16.6 Å². The second-order valence-electron chi connectivity index (χ2n) is 5.68. The maximum absolute atomic E-state index is 12.3. The number of hydrogen-bond acceptors (Lipinski definition) is 2. The van der Waals surface area contributed by atoms with Crippen LogP contribution in [0.4, 0.5) is 0 Å². The van der Waals surface area contributed by atoms with Crippen molar-refractivity contribution in [3.8, 4) is 6.07 Å². The zero-order valence-electron chi connectivity index (χ0n) is 11.3. The van der Waals surface area contributed by atoms with E-state index < -0.39 is 10.8 Å². The summed E-state index contributed by atoms with van der Waals surface area (Å²) < 4.78 is 12.3. The van der Waals surface area contributed by atoms with Crippen LogP contribution in [-0.4, -0.2) is 15.2 Å². The van der Waals surface area contributed by atoms with Gasteiger partial charge in [0.15, 0.2) is 0 Å². The maximum Gasteiger partial charge on any atom is 0.0668 e. The molecule has 0 aromatic heterocycles. The predicted molar refractivity (Wildman–Crippen MR) is 73.0 cm³/mol. The van der Waals surface area contributed by atoms with Crippen LogP contribution in [0.5, 0.6) is 0 Å². The molecule has 0 aromatic rings. The Morgan fingerprint density at radius 3 is 2.65 bits per heavy atom. The Morgan fingerprint density at radius 2 is 2.12 bits per heavy atom. The lowest BCUT2D eigenvalue weighted by atomic mass is 9.80. The number of rotatable bonds is 5. The van der Waals surface area contributed by atoms with Gasteiger partial charge in [-0.05, 0) is 31.1 Å². The van der Waals surface area contributed by atoms with Gasteiger partial charge in [-0.2, -0.15) is 5.26 Å². The fourth-order valence-corrected chi connectivity index (χ4v) is 4.73. The first kappa shape index (κ1) is 14.7. The molecule has 0 saturated heterocycles. The summed E-state index contributed by atoms with van der Waals surface area (Å²) in [5, 5.41) is 9.31. The predicted octanol–water partition coefficient (Wildman–Crippen LogP) is 3.50. The summed E-state index contributed by atoms with van der Waals surface area (Å²) >= 11 is 0. The molecule has 0 radical (unpaired) electrons. The Morgan fingerprint density at radius 1 is 1.41 bits per heavy atom. The fraction of sp³-hybridized carbons (Fsp3) is 0.929. The largest absolute Gasteiger partial charge is 0.259 e. The zero-order chi connectivity index (χ0) is 12.8. The first-order valence-corrected chi connectivity index (χ1v) is 8.23. The topological polar surface area (TPSA) is 40.9 Å². The molecule has 0 amide bonds. The number of hydrogen-bond donors (Lipinski definition) is 0. The van der Waals surface area contributed by atoms with Gasteiger partial charge in [-0.15, -0.1) is 0 Å². The van der Waals surface area contributed by atoms with E-state index in [-0.39, 0.29) is 11.2 Å². The molecule has 1 fully saturated rings. The molecule has 98 valence electrons. The third kappa shape index (κ3) is 4.43. The molecule has 1 saturated carbocycles. The normalized spacial score (nSPS) is 31.1. The quantitative estimate of drug-likeness (QED) is 0.754. The van der Waals surface area contributed by atoms with Crippen molar-refractivity contribution in [2.75, 3.05) is 5.75 Å². The second-order valence-corrected chi connectivity index (χ2v) is 7.38. The summed E-state index contributed by atoms with van der Waals surface area (Å²) in [6.45, 7) is 6.41. The lowest BCUT2D eigenvalue weighted by Gasteiger charge is -2.32. The van der Waals surface area contributed by atoms with Crippen molar-refractivity contribution >= 4 is 10.8 Å². The third-order valence-electron chi connectivity index (χ3n) is 3.60. The van der Waals surface area contributed by atoms with Crippen molar-refractivity contribution < 1.29 is 4.21 Å². The van der Waals surface area contributed by atoms with E-state index in [2.05, 4.69) is 26.8 Å². The minimum Gasteiger partial charge on any atom is -0.259 e. The molecular formula is C14H25NOS. The van der Waals surface area contributed by atoms with Crippen molar-refractivity contribution in [3.05, 3.63) is 0 Å². The van der Waals surface area contributed by atoms with E-state index in [1.807, 2.05) is 0 Å². The molecule has 0 aromatic carbocycles. The highest BCUT2D eigenvalue weighted by Gasteiger charge is 2.34. The molecule has 1 rings (SSSR count). The molecule has 4 atom stereocenters. The molecular weight excluding hydrogens is 230 g/mol. The van der Waals surface area contributed by atoms with Gasteiger partial charge in [0.25, 0.3) is 0 Å². The van der Waals surface area contributed by atoms with E-state index in [0.717, 1.165) is 25.0 Å². The molecule has 0 aliphatic heterocycles. The molecule has 3 heteroatoms. The van der Waals surface area contributed by atoms with Crippen molar-refractivity contribution in [2.24, 2.45) is 17.8 Å². The highest BCUT2D eigenvalue weighted by molar-refractivity contribution is 7.85. The first-order valence-electron chi connectivity index (χ1n) is 6.85. The minimum atomic E-state index is -0.813. The van der Waals surface area contributed by atoms with Crippen LogP contribution >= 0.6 is 0 Å². The van der Waals surface area contributed by atoms with Crippen molar-refractivity contribution in [3.63, 3.8) is 0 Å². The van der Waals surface area contributed by atoms with Crippen LogP contribution in [0.25, 0.3) is 0 Å². The van der Waals surface area contributed by atoms with E-state index in [9.17, 15) is 9.47 Å². The van der Waals surface area contributed by atoms with Crippen LogP contribution in [0.1, 0.15) is 52.9 Å². The van der Waals surface area contributed by atoms with Crippen LogP contribution in [-0.2, 0) is 10.8 Å². The molecule has 0 N–H and O–H groups in total. The SMILES string of the molecule is CCCC1CCC(C#N)C(S(=O)CC(C)C)C1. The second kappa shape index (κ2) is 7.16. The molecule has 0 heterocycles. The molecule has 17 heavy (non-hydrogen) atoms. The summed E-state index contributed by atoms with van der Waals surface area (Å²) in [5.41, 5.74) is 0. The molecule has 0 spiro atoms. The Bertz CT molecular complexity index is 295. The van der Waals surface area contributed by atoms with Crippen molar-refractivity contribution in [1.82, 2.24) is 0 Å². The molecule has 4 unspecified atom stereocenters. The minimum absolute atomic E-state index is 0.0303. The van der Waals surface area contributed by atoms with E-state index in [4.69, 9.17) is 0 Å². The first-order chi connectivity index (χ1) is 8.08. The molecule has 1 aliphatic carbocycles. The van der Waals surface area contributed by atoms with Gasteiger partial charge in [0.2, 0.25) is 0 Å². The lowest BCUT2D eigenvalue weighted by Crippen LogP contribution is -2.34. The Labute approximate surface area is 108 Å². The van der Waals surface area contributed by atoms with Gasteiger partial charge in [-0.3, -0.25) is 4.21 Å².